The number of nitrogens with one attached hydrogen (secondary N) is 1. The number of amides is 1. The van der Waals surface area contributed by atoms with Gasteiger partial charge in [0.05, 0.1) is 11.7 Å². The quantitative estimate of drug-likeness (QED) is 0.748. The summed E-state index contributed by atoms with van der Waals surface area (Å²) in [7, 11) is 0. The van der Waals surface area contributed by atoms with Crippen LogP contribution in [0.2, 0.25) is 0 Å². The highest BCUT2D eigenvalue weighted by atomic mass is 79.9. The molecule has 0 aliphatic heterocycles. The van der Waals surface area contributed by atoms with Crippen LogP contribution in [0, 0.1) is 5.92 Å². The summed E-state index contributed by atoms with van der Waals surface area (Å²) in [6.45, 7) is 3.90. The van der Waals surface area contributed by atoms with Crippen molar-refractivity contribution in [2.24, 2.45) is 11.7 Å². The molecule has 0 spiro atoms. The van der Waals surface area contributed by atoms with Gasteiger partial charge in [-0.1, -0.05) is 36.2 Å². The molecule has 0 heterocycles. The van der Waals surface area contributed by atoms with Crippen LogP contribution in [-0.2, 0) is 4.79 Å². The third-order valence-electron chi connectivity index (χ3n) is 2.78. The van der Waals surface area contributed by atoms with Crippen LogP contribution < -0.4 is 11.1 Å². The molecule has 0 bridgehead atoms. The van der Waals surface area contributed by atoms with E-state index in [9.17, 15) is 9.90 Å². The SMILES string of the molecule is CCC(C)C(N)C(=O)Nc1cc(Br)ccc1O. The third kappa shape index (κ3) is 3.71. The zero-order valence-corrected chi connectivity index (χ0v) is 11.5. The molecule has 1 rings (SSSR count). The highest BCUT2D eigenvalue weighted by Crippen LogP contribution is 2.27. The molecular weight excluding hydrogens is 284 g/mol. The van der Waals surface area contributed by atoms with Gasteiger partial charge in [-0.05, 0) is 24.1 Å². The van der Waals surface area contributed by atoms with Crippen LogP contribution in [0.25, 0.3) is 0 Å². The Hall–Kier alpha value is -1.07. The van der Waals surface area contributed by atoms with Crippen LogP contribution in [-0.4, -0.2) is 17.1 Å². The predicted octanol–water partition coefficient (Wildman–Crippen LogP) is 2.47. The topological polar surface area (TPSA) is 75.4 Å². The first-order valence-electron chi connectivity index (χ1n) is 5.50. The molecule has 17 heavy (non-hydrogen) atoms. The molecule has 94 valence electrons. The Balaban J connectivity index is 2.77. The third-order valence-corrected chi connectivity index (χ3v) is 3.27. The Morgan fingerprint density at radius 3 is 2.82 bits per heavy atom. The Kier molecular flexibility index (Phi) is 4.96. The number of halogens is 1. The Morgan fingerprint density at radius 1 is 1.59 bits per heavy atom. The van der Waals surface area contributed by atoms with E-state index in [1.165, 1.54) is 6.07 Å². The van der Waals surface area contributed by atoms with Gasteiger partial charge in [-0.25, -0.2) is 0 Å². The van der Waals surface area contributed by atoms with Crippen LogP contribution in [0.3, 0.4) is 0 Å². The van der Waals surface area contributed by atoms with Gasteiger partial charge in [0, 0.05) is 4.47 Å². The van der Waals surface area contributed by atoms with Gasteiger partial charge in [0.25, 0.3) is 0 Å². The summed E-state index contributed by atoms with van der Waals surface area (Å²) >= 11 is 3.27. The number of rotatable bonds is 4. The number of hydrogen-bond donors (Lipinski definition) is 3. The average Bonchev–Trinajstić information content (AvgIpc) is 2.31. The number of phenolic OH excluding ortho intramolecular Hbond substituents is 1. The zero-order chi connectivity index (χ0) is 13.0. The van der Waals surface area contributed by atoms with E-state index >= 15 is 0 Å². The van der Waals surface area contributed by atoms with E-state index < -0.39 is 6.04 Å². The second-order valence-corrected chi connectivity index (χ2v) is 4.98. The molecule has 0 aliphatic carbocycles. The number of phenols is 1. The molecule has 0 aromatic heterocycles. The Bertz CT molecular complexity index is 409. The summed E-state index contributed by atoms with van der Waals surface area (Å²) in [6, 6.07) is 4.27. The van der Waals surface area contributed by atoms with Gasteiger partial charge in [0.15, 0.2) is 0 Å². The smallest absolute Gasteiger partial charge is 0.241 e. The van der Waals surface area contributed by atoms with Crippen LogP contribution >= 0.6 is 15.9 Å². The maximum Gasteiger partial charge on any atom is 0.241 e. The number of aromatic hydroxyl groups is 1. The highest BCUT2D eigenvalue weighted by molar-refractivity contribution is 9.10. The normalized spacial score (nSPS) is 14.1. The maximum atomic E-state index is 11.8. The Morgan fingerprint density at radius 2 is 2.24 bits per heavy atom. The number of hydrogen-bond acceptors (Lipinski definition) is 3. The number of carbonyl (C=O) groups excluding carboxylic acids is 1. The van der Waals surface area contributed by atoms with Crippen LogP contribution in [0.1, 0.15) is 20.3 Å². The van der Waals surface area contributed by atoms with Crippen molar-refractivity contribution in [1.82, 2.24) is 0 Å². The molecule has 1 aromatic carbocycles. The minimum atomic E-state index is -0.571. The first-order valence-corrected chi connectivity index (χ1v) is 6.30. The number of carbonyl (C=O) groups is 1. The fraction of sp³-hybridized carbons (Fsp3) is 0.417. The van der Waals surface area contributed by atoms with Gasteiger partial charge in [0.2, 0.25) is 5.91 Å². The van der Waals surface area contributed by atoms with Gasteiger partial charge < -0.3 is 16.2 Å². The lowest BCUT2D eigenvalue weighted by Gasteiger charge is -2.18. The van der Waals surface area contributed by atoms with E-state index in [4.69, 9.17) is 5.73 Å². The minimum Gasteiger partial charge on any atom is -0.506 e. The van der Waals surface area contributed by atoms with Crippen molar-refractivity contribution >= 4 is 27.5 Å². The minimum absolute atomic E-state index is 0.0258. The van der Waals surface area contributed by atoms with Gasteiger partial charge in [-0.2, -0.15) is 0 Å². The van der Waals surface area contributed by atoms with Crippen LogP contribution in [0.15, 0.2) is 22.7 Å². The molecule has 5 heteroatoms. The lowest BCUT2D eigenvalue weighted by molar-refractivity contribution is -0.118. The second kappa shape index (κ2) is 6.02. The molecule has 2 unspecified atom stereocenters. The van der Waals surface area contributed by atoms with E-state index in [1.807, 2.05) is 13.8 Å². The molecule has 1 amide bonds. The summed E-state index contributed by atoms with van der Waals surface area (Å²) in [6.07, 6.45) is 0.832. The molecule has 4 nitrogen and oxygen atoms in total. The molecule has 1 aromatic rings. The summed E-state index contributed by atoms with van der Waals surface area (Å²) in [5.41, 5.74) is 6.17. The van der Waals surface area contributed by atoms with Gasteiger partial charge in [-0.3, -0.25) is 4.79 Å². The van der Waals surface area contributed by atoms with E-state index in [2.05, 4.69) is 21.2 Å². The molecule has 0 saturated heterocycles. The molecule has 2 atom stereocenters. The van der Waals surface area contributed by atoms with Crippen molar-refractivity contribution in [2.75, 3.05) is 5.32 Å². The van der Waals surface area contributed by atoms with Crippen LogP contribution in [0.5, 0.6) is 5.75 Å². The van der Waals surface area contributed by atoms with E-state index in [0.717, 1.165) is 10.9 Å². The first-order chi connectivity index (χ1) is 7.95. The lowest BCUT2D eigenvalue weighted by atomic mass is 9.99. The summed E-state index contributed by atoms with van der Waals surface area (Å²) < 4.78 is 0.780. The fourth-order valence-corrected chi connectivity index (χ4v) is 1.70. The van der Waals surface area contributed by atoms with Gasteiger partial charge >= 0.3 is 0 Å². The van der Waals surface area contributed by atoms with E-state index in [0.29, 0.717) is 5.69 Å². The summed E-state index contributed by atoms with van der Waals surface area (Å²) in [5.74, 6) is -0.157. The summed E-state index contributed by atoms with van der Waals surface area (Å²) in [4.78, 5) is 11.8. The molecule has 0 aliphatic rings. The summed E-state index contributed by atoms with van der Waals surface area (Å²) in [5, 5.41) is 12.2. The van der Waals surface area contributed by atoms with Crippen molar-refractivity contribution in [3.63, 3.8) is 0 Å². The maximum absolute atomic E-state index is 11.8. The molecule has 0 saturated carbocycles. The van der Waals surface area contributed by atoms with Gasteiger partial charge in [-0.15, -0.1) is 0 Å². The predicted molar refractivity (Wildman–Crippen MR) is 71.9 cm³/mol. The molecule has 0 fully saturated rings. The van der Waals surface area contributed by atoms with Gasteiger partial charge in [0.1, 0.15) is 5.75 Å². The van der Waals surface area contributed by atoms with Crippen molar-refractivity contribution < 1.29 is 9.90 Å². The highest BCUT2D eigenvalue weighted by Gasteiger charge is 2.20. The molecular formula is C12H17BrN2O2. The van der Waals surface area contributed by atoms with E-state index in [1.54, 1.807) is 12.1 Å². The largest absolute Gasteiger partial charge is 0.506 e. The van der Waals surface area contributed by atoms with Crippen molar-refractivity contribution in [3.05, 3.63) is 22.7 Å². The molecule has 4 N–H and O–H groups in total. The number of benzene rings is 1. The molecule has 0 radical (unpaired) electrons. The lowest BCUT2D eigenvalue weighted by Crippen LogP contribution is -2.40. The Labute approximate surface area is 109 Å². The zero-order valence-electron chi connectivity index (χ0n) is 9.90. The van der Waals surface area contributed by atoms with Crippen molar-refractivity contribution in [1.29, 1.82) is 0 Å². The standard InChI is InChI=1S/C12H17BrN2O2/c1-3-7(2)11(14)12(17)15-9-6-8(13)4-5-10(9)16/h4-7,11,16H,3,14H2,1-2H3,(H,15,17). The monoisotopic (exact) mass is 300 g/mol. The fourth-order valence-electron chi connectivity index (χ4n) is 1.34. The van der Waals surface area contributed by atoms with Crippen molar-refractivity contribution in [2.45, 2.75) is 26.3 Å². The van der Waals surface area contributed by atoms with Crippen molar-refractivity contribution in [3.8, 4) is 5.75 Å². The second-order valence-electron chi connectivity index (χ2n) is 4.06. The van der Waals surface area contributed by atoms with Crippen LogP contribution in [0.4, 0.5) is 5.69 Å². The first kappa shape index (κ1) is 14.0. The number of nitrogens with two attached hydrogens (primary N) is 1. The average molecular weight is 301 g/mol. The van der Waals surface area contributed by atoms with E-state index in [-0.39, 0.29) is 17.6 Å². The number of anilines is 1.